The molecule has 5 heteroatoms. The smallest absolute Gasteiger partial charge is 0.247 e. The highest BCUT2D eigenvalue weighted by atomic mass is 16.2. The Kier molecular flexibility index (Phi) is 8.69. The molecule has 0 aliphatic carbocycles. The number of amides is 2. The van der Waals surface area contributed by atoms with Crippen LogP contribution in [0.4, 0.5) is 0 Å². The Morgan fingerprint density at radius 3 is 2.18 bits per heavy atom. The average molecular weight is 382 g/mol. The number of carbonyl (C=O) groups is 2. The molecule has 0 aliphatic rings. The molecule has 2 amide bonds. The van der Waals surface area contributed by atoms with Crippen LogP contribution in [0.3, 0.4) is 0 Å². The maximum Gasteiger partial charge on any atom is 0.247 e. The number of rotatable bonds is 10. The largest absolute Gasteiger partial charge is 0.353 e. The van der Waals surface area contributed by atoms with Crippen molar-refractivity contribution in [2.75, 3.05) is 20.1 Å². The lowest BCUT2D eigenvalue weighted by Gasteiger charge is -2.21. The minimum Gasteiger partial charge on any atom is -0.353 e. The number of nitrogens with zero attached hydrogens (tertiary/aromatic N) is 1. The molecule has 1 atom stereocenters. The molecule has 2 aromatic carbocycles. The summed E-state index contributed by atoms with van der Waals surface area (Å²) in [5, 5.41) is 5.84. The Balaban J connectivity index is 1.90. The van der Waals surface area contributed by atoms with Gasteiger partial charge < -0.3 is 15.5 Å². The fourth-order valence-corrected chi connectivity index (χ4v) is 2.98. The van der Waals surface area contributed by atoms with Gasteiger partial charge in [0.25, 0.3) is 0 Å². The van der Waals surface area contributed by atoms with E-state index in [0.29, 0.717) is 13.0 Å². The van der Waals surface area contributed by atoms with Crippen LogP contribution in [0.25, 0.3) is 0 Å². The van der Waals surface area contributed by atoms with Crippen LogP contribution in [0.5, 0.6) is 0 Å². The van der Waals surface area contributed by atoms with Crippen molar-refractivity contribution >= 4 is 11.8 Å². The lowest BCUT2D eigenvalue weighted by Crippen LogP contribution is -2.42. The van der Waals surface area contributed by atoms with Gasteiger partial charge in [-0.05, 0) is 24.1 Å². The van der Waals surface area contributed by atoms with Crippen LogP contribution in [0.2, 0.25) is 0 Å². The topological polar surface area (TPSA) is 61.4 Å². The first kappa shape index (κ1) is 21.6. The van der Waals surface area contributed by atoms with Gasteiger partial charge in [0.15, 0.2) is 0 Å². The Hall–Kier alpha value is -2.66. The van der Waals surface area contributed by atoms with E-state index in [4.69, 9.17) is 0 Å². The summed E-state index contributed by atoms with van der Waals surface area (Å²) in [6, 6.07) is 18.9. The zero-order valence-corrected chi connectivity index (χ0v) is 17.0. The Labute approximate surface area is 168 Å². The third-order valence-corrected chi connectivity index (χ3v) is 4.38. The van der Waals surface area contributed by atoms with E-state index in [-0.39, 0.29) is 17.7 Å². The molecule has 2 aromatic rings. The molecule has 28 heavy (non-hydrogen) atoms. The molecule has 0 aliphatic heterocycles. The second-order valence-electron chi connectivity index (χ2n) is 7.52. The maximum atomic E-state index is 12.8. The third kappa shape index (κ3) is 7.53. The molecule has 2 N–H and O–H groups in total. The lowest BCUT2D eigenvalue weighted by molar-refractivity contribution is -0.129. The molecule has 1 unspecified atom stereocenters. The van der Waals surface area contributed by atoms with E-state index < -0.39 is 6.04 Å². The van der Waals surface area contributed by atoms with Gasteiger partial charge in [0.2, 0.25) is 11.8 Å². The number of benzene rings is 2. The van der Waals surface area contributed by atoms with E-state index in [1.807, 2.05) is 69.4 Å². The van der Waals surface area contributed by atoms with Gasteiger partial charge >= 0.3 is 0 Å². The van der Waals surface area contributed by atoms with Crippen molar-refractivity contribution in [1.82, 2.24) is 15.5 Å². The summed E-state index contributed by atoms with van der Waals surface area (Å²) in [5.41, 5.74) is 2.02. The van der Waals surface area contributed by atoms with E-state index in [2.05, 4.69) is 27.7 Å². The van der Waals surface area contributed by atoms with Crippen molar-refractivity contribution in [2.45, 2.75) is 32.9 Å². The fraction of sp³-hybridized carbons (Fsp3) is 0.391. The molecule has 0 radical (unpaired) electrons. The average Bonchev–Trinajstić information content (AvgIpc) is 2.67. The van der Waals surface area contributed by atoms with E-state index in [1.165, 1.54) is 5.56 Å². The Morgan fingerprint density at radius 1 is 0.964 bits per heavy atom. The van der Waals surface area contributed by atoms with E-state index in [9.17, 15) is 9.59 Å². The van der Waals surface area contributed by atoms with Crippen LogP contribution in [0.15, 0.2) is 60.7 Å². The normalized spacial score (nSPS) is 12.0. The molecule has 0 saturated carbocycles. The highest BCUT2D eigenvalue weighted by Crippen LogP contribution is 2.14. The minimum absolute atomic E-state index is 0.111. The van der Waals surface area contributed by atoms with Crippen LogP contribution in [0.1, 0.15) is 37.4 Å². The molecular formula is C23H31N3O2. The van der Waals surface area contributed by atoms with Crippen molar-refractivity contribution < 1.29 is 9.59 Å². The molecule has 150 valence electrons. The van der Waals surface area contributed by atoms with Crippen molar-refractivity contribution in [3.8, 4) is 0 Å². The van der Waals surface area contributed by atoms with Crippen LogP contribution < -0.4 is 10.6 Å². The summed E-state index contributed by atoms with van der Waals surface area (Å²) in [4.78, 5) is 27.1. The van der Waals surface area contributed by atoms with Gasteiger partial charge in [0.05, 0.1) is 0 Å². The van der Waals surface area contributed by atoms with Gasteiger partial charge in [-0.2, -0.15) is 0 Å². The van der Waals surface area contributed by atoms with Gasteiger partial charge in [-0.3, -0.25) is 9.59 Å². The molecular weight excluding hydrogens is 350 g/mol. The molecule has 0 aromatic heterocycles. The third-order valence-electron chi connectivity index (χ3n) is 4.38. The zero-order chi connectivity index (χ0) is 20.4. The maximum absolute atomic E-state index is 12.8. The molecule has 0 heterocycles. The quantitative estimate of drug-likeness (QED) is 0.665. The number of hydrogen-bond acceptors (Lipinski definition) is 3. The zero-order valence-electron chi connectivity index (χ0n) is 17.0. The monoisotopic (exact) mass is 381 g/mol. The molecule has 0 saturated heterocycles. The van der Waals surface area contributed by atoms with Gasteiger partial charge in [-0.25, -0.2) is 0 Å². The number of hydrogen-bond donors (Lipinski definition) is 2. The van der Waals surface area contributed by atoms with Gasteiger partial charge in [-0.15, -0.1) is 0 Å². The van der Waals surface area contributed by atoms with Gasteiger partial charge in [-0.1, -0.05) is 74.5 Å². The summed E-state index contributed by atoms with van der Waals surface area (Å²) >= 11 is 0. The van der Waals surface area contributed by atoms with Crippen LogP contribution in [0, 0.1) is 5.92 Å². The minimum atomic E-state index is -0.674. The van der Waals surface area contributed by atoms with E-state index >= 15 is 0 Å². The second kappa shape index (κ2) is 11.2. The number of nitrogens with one attached hydrogen (secondary N) is 2. The summed E-state index contributed by atoms with van der Waals surface area (Å²) in [6.07, 6.45) is 0.399. The van der Waals surface area contributed by atoms with Crippen molar-refractivity contribution in [1.29, 1.82) is 0 Å². The molecule has 0 bridgehead atoms. The molecule has 0 fully saturated rings. The van der Waals surface area contributed by atoms with Crippen LogP contribution >= 0.6 is 0 Å². The summed E-state index contributed by atoms with van der Waals surface area (Å²) in [7, 11) is 2.03. The highest BCUT2D eigenvalue weighted by molar-refractivity contribution is 5.88. The number of likely N-dealkylation sites (N-methyl/N-ethyl adjacent to an activating group) is 1. The van der Waals surface area contributed by atoms with Crippen molar-refractivity contribution in [3.05, 3.63) is 71.8 Å². The highest BCUT2D eigenvalue weighted by Gasteiger charge is 2.22. The summed E-state index contributed by atoms with van der Waals surface area (Å²) in [5.74, 6) is -0.0530. The standard InChI is InChI=1S/C23H31N3O2/c1-18(2)16-21(27)25-22(20-12-8-5-9-13-20)23(28)24-14-15-26(3)17-19-10-6-4-7-11-19/h4-13,18,22H,14-17H2,1-3H3,(H,24,28)(H,25,27). The fourth-order valence-electron chi connectivity index (χ4n) is 2.98. The second-order valence-corrected chi connectivity index (χ2v) is 7.52. The predicted octanol–water partition coefficient (Wildman–Crippen LogP) is 3.14. The lowest BCUT2D eigenvalue weighted by atomic mass is 10.0. The molecule has 0 spiro atoms. The molecule has 5 nitrogen and oxygen atoms in total. The predicted molar refractivity (Wildman–Crippen MR) is 113 cm³/mol. The first-order chi connectivity index (χ1) is 13.5. The van der Waals surface area contributed by atoms with Crippen LogP contribution in [-0.4, -0.2) is 36.9 Å². The van der Waals surface area contributed by atoms with Crippen molar-refractivity contribution in [2.24, 2.45) is 5.92 Å². The van der Waals surface area contributed by atoms with Crippen molar-refractivity contribution in [3.63, 3.8) is 0 Å². The Morgan fingerprint density at radius 2 is 1.57 bits per heavy atom. The first-order valence-electron chi connectivity index (χ1n) is 9.80. The summed E-state index contributed by atoms with van der Waals surface area (Å²) in [6.45, 7) is 6.04. The van der Waals surface area contributed by atoms with Crippen LogP contribution in [-0.2, 0) is 16.1 Å². The SMILES string of the molecule is CC(C)CC(=O)NC(C(=O)NCCN(C)Cc1ccccc1)c1ccccc1. The Bertz CT molecular complexity index is 732. The van der Waals surface area contributed by atoms with Gasteiger partial charge in [0.1, 0.15) is 6.04 Å². The number of carbonyl (C=O) groups excluding carboxylic acids is 2. The first-order valence-corrected chi connectivity index (χ1v) is 9.80. The van der Waals surface area contributed by atoms with E-state index in [1.54, 1.807) is 0 Å². The van der Waals surface area contributed by atoms with Gasteiger partial charge in [0, 0.05) is 26.1 Å². The summed E-state index contributed by atoms with van der Waals surface area (Å²) < 4.78 is 0. The molecule has 2 rings (SSSR count). The van der Waals surface area contributed by atoms with E-state index in [0.717, 1.165) is 18.7 Å².